The number of rotatable bonds is 2. The van der Waals surface area contributed by atoms with E-state index in [4.69, 9.17) is 11.1 Å². The molecule has 0 aliphatic carbocycles. The zero-order valence-electron chi connectivity index (χ0n) is 9.83. The van der Waals surface area contributed by atoms with Crippen LogP contribution in [0.1, 0.15) is 32.3 Å². The molecule has 4 nitrogen and oxygen atoms in total. The molecule has 1 aromatic rings. The van der Waals surface area contributed by atoms with Crippen molar-refractivity contribution in [3.8, 4) is 0 Å². The van der Waals surface area contributed by atoms with E-state index in [-0.39, 0.29) is 11.4 Å². The second-order valence-corrected chi connectivity index (χ2v) is 4.86. The van der Waals surface area contributed by atoms with Crippen molar-refractivity contribution in [1.29, 1.82) is 5.41 Å². The molecule has 1 saturated heterocycles. The molecule has 1 aliphatic rings. The molecule has 3 N–H and O–H groups in total. The van der Waals surface area contributed by atoms with Gasteiger partial charge in [-0.05, 0) is 38.8 Å². The summed E-state index contributed by atoms with van der Waals surface area (Å²) in [5.74, 6) is 0.934. The zero-order chi connectivity index (χ0) is 11.8. The van der Waals surface area contributed by atoms with E-state index in [9.17, 15) is 0 Å². The molecule has 0 saturated carbocycles. The molecule has 1 aromatic heterocycles. The molecule has 86 valence electrons. The Balaban J connectivity index is 2.44. The molecule has 0 radical (unpaired) electrons. The molecule has 0 atom stereocenters. The van der Waals surface area contributed by atoms with Crippen molar-refractivity contribution in [2.45, 2.75) is 32.2 Å². The summed E-state index contributed by atoms with van der Waals surface area (Å²) in [7, 11) is 0. The maximum atomic E-state index is 7.58. The normalized spacial score (nSPS) is 18.8. The Kier molecular flexibility index (Phi) is 2.58. The van der Waals surface area contributed by atoms with Crippen LogP contribution in [0, 0.1) is 5.41 Å². The van der Waals surface area contributed by atoms with Gasteiger partial charge in [-0.25, -0.2) is 4.98 Å². The average molecular weight is 218 g/mol. The number of amidine groups is 1. The quantitative estimate of drug-likeness (QED) is 0.587. The summed E-state index contributed by atoms with van der Waals surface area (Å²) in [6, 6.07) is 3.68. The molecular weight excluding hydrogens is 200 g/mol. The summed E-state index contributed by atoms with van der Waals surface area (Å²) in [6.07, 6.45) is 4.08. The lowest BCUT2D eigenvalue weighted by Gasteiger charge is -2.33. The summed E-state index contributed by atoms with van der Waals surface area (Å²) >= 11 is 0. The second kappa shape index (κ2) is 3.77. The van der Waals surface area contributed by atoms with Crippen molar-refractivity contribution >= 4 is 11.7 Å². The zero-order valence-corrected chi connectivity index (χ0v) is 9.83. The van der Waals surface area contributed by atoms with E-state index in [1.54, 1.807) is 6.20 Å². The van der Waals surface area contributed by atoms with Crippen molar-refractivity contribution in [2.75, 3.05) is 11.4 Å². The molecule has 0 amide bonds. The molecule has 1 aliphatic heterocycles. The number of anilines is 1. The maximum Gasteiger partial charge on any atom is 0.139 e. The predicted molar refractivity (Wildman–Crippen MR) is 65.9 cm³/mol. The Hall–Kier alpha value is -1.58. The Morgan fingerprint density at radius 2 is 2.31 bits per heavy atom. The van der Waals surface area contributed by atoms with Crippen LogP contribution < -0.4 is 10.6 Å². The standard InChI is InChI=1S/C12H18N4/c1-12(2)6-4-8-16(12)11-9(10(13)14)5-3-7-15-11/h3,5,7H,4,6,8H2,1-2H3,(H3,13,14). The summed E-state index contributed by atoms with van der Waals surface area (Å²) in [6.45, 7) is 5.40. The van der Waals surface area contributed by atoms with Crippen LogP contribution in [-0.2, 0) is 0 Å². The van der Waals surface area contributed by atoms with Gasteiger partial charge in [0.15, 0.2) is 0 Å². The van der Waals surface area contributed by atoms with Crippen molar-refractivity contribution in [3.63, 3.8) is 0 Å². The molecule has 2 rings (SSSR count). The van der Waals surface area contributed by atoms with Gasteiger partial charge in [0.05, 0.1) is 5.56 Å². The minimum atomic E-state index is 0.0887. The van der Waals surface area contributed by atoms with Gasteiger partial charge in [0.1, 0.15) is 11.7 Å². The Bertz CT molecular complexity index is 411. The van der Waals surface area contributed by atoms with Crippen LogP contribution in [0.3, 0.4) is 0 Å². The minimum absolute atomic E-state index is 0.0887. The van der Waals surface area contributed by atoms with E-state index in [0.29, 0.717) is 0 Å². The minimum Gasteiger partial charge on any atom is -0.384 e. The summed E-state index contributed by atoms with van der Waals surface area (Å²) < 4.78 is 0. The van der Waals surface area contributed by atoms with Gasteiger partial charge in [0, 0.05) is 18.3 Å². The van der Waals surface area contributed by atoms with E-state index in [1.165, 1.54) is 6.42 Å². The SMILES string of the molecule is CC1(C)CCCN1c1ncccc1C(=N)N. The van der Waals surface area contributed by atoms with Crippen molar-refractivity contribution in [3.05, 3.63) is 23.9 Å². The van der Waals surface area contributed by atoms with Crippen molar-refractivity contribution < 1.29 is 0 Å². The van der Waals surface area contributed by atoms with Gasteiger partial charge in [0.25, 0.3) is 0 Å². The maximum absolute atomic E-state index is 7.58. The average Bonchev–Trinajstić information content (AvgIpc) is 2.58. The molecular formula is C12H18N4. The van der Waals surface area contributed by atoms with Crippen LogP contribution in [0.25, 0.3) is 0 Å². The number of nitrogen functional groups attached to an aromatic ring is 1. The van der Waals surface area contributed by atoms with Crippen LogP contribution in [0.4, 0.5) is 5.82 Å². The lowest BCUT2D eigenvalue weighted by atomic mass is 10.0. The van der Waals surface area contributed by atoms with Gasteiger partial charge in [0.2, 0.25) is 0 Å². The number of nitrogens with zero attached hydrogens (tertiary/aromatic N) is 2. The number of nitrogens with one attached hydrogen (secondary N) is 1. The van der Waals surface area contributed by atoms with Crippen molar-refractivity contribution in [2.24, 2.45) is 5.73 Å². The first kappa shape index (κ1) is 10.9. The molecule has 0 aromatic carbocycles. The third kappa shape index (κ3) is 1.75. The number of nitrogens with two attached hydrogens (primary N) is 1. The predicted octanol–water partition coefficient (Wildman–Crippen LogP) is 1.74. The molecule has 2 heterocycles. The first-order chi connectivity index (χ1) is 7.52. The highest BCUT2D eigenvalue weighted by atomic mass is 15.3. The van der Waals surface area contributed by atoms with E-state index >= 15 is 0 Å². The highest BCUT2D eigenvalue weighted by molar-refractivity contribution is 5.99. The lowest BCUT2D eigenvalue weighted by molar-refractivity contribution is 0.514. The number of hydrogen-bond acceptors (Lipinski definition) is 3. The van der Waals surface area contributed by atoms with E-state index in [2.05, 4.69) is 23.7 Å². The topological polar surface area (TPSA) is 66.0 Å². The second-order valence-electron chi connectivity index (χ2n) is 4.86. The first-order valence-electron chi connectivity index (χ1n) is 5.59. The molecule has 4 heteroatoms. The fraction of sp³-hybridized carbons (Fsp3) is 0.500. The van der Waals surface area contributed by atoms with Crippen LogP contribution >= 0.6 is 0 Å². The monoisotopic (exact) mass is 218 g/mol. The van der Waals surface area contributed by atoms with E-state index in [0.717, 1.165) is 24.3 Å². The number of aromatic nitrogens is 1. The number of hydrogen-bond donors (Lipinski definition) is 2. The van der Waals surface area contributed by atoms with Gasteiger partial charge < -0.3 is 10.6 Å². The number of pyridine rings is 1. The van der Waals surface area contributed by atoms with Crippen LogP contribution in [0.15, 0.2) is 18.3 Å². The molecule has 16 heavy (non-hydrogen) atoms. The molecule has 1 fully saturated rings. The Morgan fingerprint density at radius 1 is 1.56 bits per heavy atom. The van der Waals surface area contributed by atoms with Crippen molar-refractivity contribution in [1.82, 2.24) is 4.98 Å². The van der Waals surface area contributed by atoms with Crippen LogP contribution in [0.5, 0.6) is 0 Å². The van der Waals surface area contributed by atoms with Gasteiger partial charge in [-0.15, -0.1) is 0 Å². The first-order valence-corrected chi connectivity index (χ1v) is 5.59. The van der Waals surface area contributed by atoms with Gasteiger partial charge in [-0.3, -0.25) is 5.41 Å². The largest absolute Gasteiger partial charge is 0.384 e. The highest BCUT2D eigenvalue weighted by Crippen LogP contribution is 2.33. The summed E-state index contributed by atoms with van der Waals surface area (Å²) in [4.78, 5) is 6.64. The van der Waals surface area contributed by atoms with Gasteiger partial charge >= 0.3 is 0 Å². The summed E-state index contributed by atoms with van der Waals surface area (Å²) in [5.41, 5.74) is 6.43. The third-order valence-electron chi connectivity index (χ3n) is 3.23. The summed E-state index contributed by atoms with van der Waals surface area (Å²) in [5, 5.41) is 7.58. The molecule has 0 bridgehead atoms. The fourth-order valence-corrected chi connectivity index (χ4v) is 2.32. The molecule has 0 spiro atoms. The van der Waals surface area contributed by atoms with Gasteiger partial charge in [-0.1, -0.05) is 0 Å². The lowest BCUT2D eigenvalue weighted by Crippen LogP contribution is -2.40. The third-order valence-corrected chi connectivity index (χ3v) is 3.23. The van der Waals surface area contributed by atoms with Crippen LogP contribution in [0.2, 0.25) is 0 Å². The van der Waals surface area contributed by atoms with E-state index in [1.807, 2.05) is 12.1 Å². The highest BCUT2D eigenvalue weighted by Gasteiger charge is 2.34. The van der Waals surface area contributed by atoms with Gasteiger partial charge in [-0.2, -0.15) is 0 Å². The van der Waals surface area contributed by atoms with Crippen LogP contribution in [-0.4, -0.2) is 22.9 Å². The Labute approximate surface area is 96.0 Å². The Morgan fingerprint density at radius 3 is 2.88 bits per heavy atom. The molecule has 0 unspecified atom stereocenters. The smallest absolute Gasteiger partial charge is 0.139 e. The van der Waals surface area contributed by atoms with E-state index < -0.39 is 0 Å². The fourth-order valence-electron chi connectivity index (χ4n) is 2.32.